The van der Waals surface area contributed by atoms with Crippen LogP contribution in [0.15, 0.2) is 0 Å². The van der Waals surface area contributed by atoms with E-state index in [4.69, 9.17) is 0 Å². The first kappa shape index (κ1) is 9.68. The highest BCUT2D eigenvalue weighted by molar-refractivity contribution is 5.88. The van der Waals surface area contributed by atoms with E-state index < -0.39 is 11.1 Å². The van der Waals surface area contributed by atoms with Crippen LogP contribution in [-0.4, -0.2) is 21.9 Å². The van der Waals surface area contributed by atoms with Crippen molar-refractivity contribution in [2.45, 2.75) is 51.6 Å². The van der Waals surface area contributed by atoms with Crippen LogP contribution >= 0.6 is 0 Å². The molecule has 1 saturated heterocycles. The van der Waals surface area contributed by atoms with Crippen LogP contribution in [0, 0.1) is 0 Å². The highest BCUT2D eigenvalue weighted by Crippen LogP contribution is 2.34. The van der Waals surface area contributed by atoms with E-state index in [-0.39, 0.29) is 5.78 Å². The quantitative estimate of drug-likeness (QED) is 0.553. The van der Waals surface area contributed by atoms with E-state index in [1.807, 2.05) is 13.8 Å². The Bertz CT molecular complexity index is 209. The van der Waals surface area contributed by atoms with Gasteiger partial charge in [0.15, 0.2) is 5.78 Å². The molecule has 0 saturated carbocycles. The maximum atomic E-state index is 11.7. The lowest BCUT2D eigenvalue weighted by Crippen LogP contribution is -2.60. The van der Waals surface area contributed by atoms with Gasteiger partial charge < -0.3 is 0 Å². The van der Waals surface area contributed by atoms with Crippen molar-refractivity contribution in [3.63, 3.8) is 0 Å². The molecule has 1 rings (SSSR count). The molecule has 1 radical (unpaired) electrons. The third-order valence-corrected chi connectivity index (χ3v) is 2.70. The average molecular weight is 170 g/mol. The van der Waals surface area contributed by atoms with Gasteiger partial charge in [0, 0.05) is 12.0 Å². The lowest BCUT2D eigenvalue weighted by molar-refractivity contribution is -0.274. The van der Waals surface area contributed by atoms with Crippen molar-refractivity contribution in [1.82, 2.24) is 5.06 Å². The molecule has 1 fully saturated rings. The van der Waals surface area contributed by atoms with Gasteiger partial charge in [-0.15, -0.1) is 10.3 Å². The molecule has 0 amide bonds. The Morgan fingerprint density at radius 2 is 1.75 bits per heavy atom. The largest absolute Gasteiger partial charge is 0.298 e. The highest BCUT2D eigenvalue weighted by atomic mass is 16.5. The van der Waals surface area contributed by atoms with Crippen molar-refractivity contribution in [1.29, 1.82) is 0 Å². The molecule has 0 unspecified atom stereocenters. The van der Waals surface area contributed by atoms with Gasteiger partial charge >= 0.3 is 0 Å². The van der Waals surface area contributed by atoms with E-state index in [0.717, 1.165) is 5.06 Å². The van der Waals surface area contributed by atoms with Crippen LogP contribution in [0.25, 0.3) is 0 Å². The molecule has 0 bridgehead atoms. The number of piperidine rings is 1. The molecule has 1 aliphatic heterocycles. The summed E-state index contributed by atoms with van der Waals surface area (Å²) in [6, 6.07) is 0. The number of carbonyl (C=O) groups is 1. The van der Waals surface area contributed by atoms with Crippen molar-refractivity contribution in [2.75, 3.05) is 0 Å². The van der Waals surface area contributed by atoms with Gasteiger partial charge in [0.25, 0.3) is 0 Å². The molecule has 12 heavy (non-hydrogen) atoms. The van der Waals surface area contributed by atoms with Gasteiger partial charge in [-0.1, -0.05) is 0 Å². The lowest BCUT2D eigenvalue weighted by atomic mass is 9.81. The molecule has 0 atom stereocenters. The van der Waals surface area contributed by atoms with E-state index in [1.54, 1.807) is 13.8 Å². The minimum Gasteiger partial charge on any atom is -0.298 e. The van der Waals surface area contributed by atoms with Crippen LogP contribution in [0.1, 0.15) is 40.5 Å². The second-order valence-electron chi connectivity index (χ2n) is 4.59. The minimum absolute atomic E-state index is 0.0526. The summed E-state index contributed by atoms with van der Waals surface area (Å²) in [4.78, 5) is 11.4. The molecular weight excluding hydrogens is 154 g/mol. The van der Waals surface area contributed by atoms with E-state index in [9.17, 15) is 10.0 Å². The Morgan fingerprint density at radius 3 is 2.17 bits per heavy atom. The van der Waals surface area contributed by atoms with E-state index in [0.29, 0.717) is 12.8 Å². The molecule has 3 nitrogen and oxygen atoms in total. The highest BCUT2D eigenvalue weighted by Gasteiger charge is 2.47. The van der Waals surface area contributed by atoms with Gasteiger partial charge in [0.2, 0.25) is 0 Å². The van der Waals surface area contributed by atoms with Crippen molar-refractivity contribution >= 4 is 5.78 Å². The van der Waals surface area contributed by atoms with Gasteiger partial charge in [-0.25, -0.2) is 0 Å². The van der Waals surface area contributed by atoms with Crippen molar-refractivity contribution in [3.05, 3.63) is 0 Å². The van der Waals surface area contributed by atoms with Gasteiger partial charge in [-0.3, -0.25) is 4.79 Å². The van der Waals surface area contributed by atoms with Gasteiger partial charge in [-0.2, -0.15) is 0 Å². The summed E-state index contributed by atoms with van der Waals surface area (Å²) in [5, 5.41) is 12.6. The number of carbonyl (C=O) groups excluding carboxylic acids is 1. The number of rotatable bonds is 0. The summed E-state index contributed by atoms with van der Waals surface area (Å²) in [5.74, 6) is 0.0526. The zero-order valence-corrected chi connectivity index (χ0v) is 8.18. The van der Waals surface area contributed by atoms with Gasteiger partial charge in [0.05, 0.1) is 0 Å². The first-order valence-electron chi connectivity index (χ1n) is 4.29. The monoisotopic (exact) mass is 170 g/mol. The SMILES string of the molecule is CC1(C)CCC(=O)C(C)(C)N1[O]. The fraction of sp³-hybridized carbons (Fsp3) is 0.889. The molecule has 3 heteroatoms. The Morgan fingerprint density at radius 1 is 1.25 bits per heavy atom. The third kappa shape index (κ3) is 1.27. The number of ketones is 1. The molecule has 69 valence electrons. The van der Waals surface area contributed by atoms with Crippen molar-refractivity contribution in [2.24, 2.45) is 0 Å². The number of hydrogen-bond acceptors (Lipinski definition) is 2. The second-order valence-corrected chi connectivity index (χ2v) is 4.59. The summed E-state index contributed by atoms with van der Waals surface area (Å²) in [6.45, 7) is 7.16. The van der Waals surface area contributed by atoms with Crippen LogP contribution in [-0.2, 0) is 10.0 Å². The summed E-state index contributed by atoms with van der Waals surface area (Å²) in [6.07, 6.45) is 1.19. The van der Waals surface area contributed by atoms with E-state index >= 15 is 0 Å². The molecule has 0 aromatic carbocycles. The van der Waals surface area contributed by atoms with Gasteiger partial charge in [0.1, 0.15) is 5.54 Å². The van der Waals surface area contributed by atoms with E-state index in [2.05, 4.69) is 0 Å². The molecule has 0 aliphatic carbocycles. The minimum atomic E-state index is -0.832. The number of nitrogens with zero attached hydrogens (tertiary/aromatic N) is 1. The third-order valence-electron chi connectivity index (χ3n) is 2.70. The fourth-order valence-corrected chi connectivity index (χ4v) is 1.70. The Hall–Kier alpha value is -0.410. The Kier molecular flexibility index (Phi) is 2.05. The van der Waals surface area contributed by atoms with Crippen LogP contribution in [0.4, 0.5) is 0 Å². The molecular formula is C9H16NO2. The molecule has 0 N–H and O–H groups in total. The van der Waals surface area contributed by atoms with Gasteiger partial charge in [-0.05, 0) is 34.1 Å². The zero-order chi connectivity index (χ0) is 9.57. The maximum absolute atomic E-state index is 11.7. The van der Waals surface area contributed by atoms with Crippen LogP contribution < -0.4 is 0 Å². The van der Waals surface area contributed by atoms with Crippen molar-refractivity contribution < 1.29 is 10.0 Å². The Balaban J connectivity index is 2.93. The summed E-state index contributed by atoms with van der Waals surface area (Å²) < 4.78 is 0. The number of Topliss-reactive ketones (excluding diaryl/α,β-unsaturated/α-hetero) is 1. The molecule has 0 aromatic heterocycles. The average Bonchev–Trinajstić information content (AvgIpc) is 1.96. The predicted molar refractivity (Wildman–Crippen MR) is 44.9 cm³/mol. The summed E-state index contributed by atoms with van der Waals surface area (Å²) >= 11 is 0. The number of hydrogen-bond donors (Lipinski definition) is 0. The summed E-state index contributed by atoms with van der Waals surface area (Å²) in [7, 11) is 0. The van der Waals surface area contributed by atoms with E-state index in [1.165, 1.54) is 0 Å². The smallest absolute Gasteiger partial charge is 0.155 e. The lowest BCUT2D eigenvalue weighted by Gasteiger charge is -2.45. The van der Waals surface area contributed by atoms with Crippen LogP contribution in [0.3, 0.4) is 0 Å². The molecule has 0 aromatic rings. The van der Waals surface area contributed by atoms with Crippen LogP contribution in [0.2, 0.25) is 0 Å². The first-order chi connectivity index (χ1) is 5.28. The fourth-order valence-electron chi connectivity index (χ4n) is 1.70. The zero-order valence-electron chi connectivity index (χ0n) is 8.18. The second kappa shape index (κ2) is 2.54. The standard InChI is InChI=1S/C9H16NO2/c1-8(2)6-5-7(11)9(3,4)10(8)12/h5-6H2,1-4H3. The predicted octanol–water partition coefficient (Wildman–Crippen LogP) is 1.55. The summed E-state index contributed by atoms with van der Waals surface area (Å²) in [5.41, 5.74) is -1.22. The molecule has 1 heterocycles. The number of hydroxylamine groups is 2. The first-order valence-corrected chi connectivity index (χ1v) is 4.29. The molecule has 0 spiro atoms. The van der Waals surface area contributed by atoms with Crippen LogP contribution in [0.5, 0.6) is 0 Å². The normalized spacial score (nSPS) is 28.9. The van der Waals surface area contributed by atoms with Crippen molar-refractivity contribution in [3.8, 4) is 0 Å². The maximum Gasteiger partial charge on any atom is 0.155 e. The Labute approximate surface area is 73.3 Å². The molecule has 1 aliphatic rings. The topological polar surface area (TPSA) is 40.2 Å².